The van der Waals surface area contributed by atoms with Crippen molar-refractivity contribution >= 4 is 0 Å². The van der Waals surface area contributed by atoms with Crippen molar-refractivity contribution in [3.8, 4) is 0 Å². The second-order valence-corrected chi connectivity index (χ2v) is 5.61. The first-order chi connectivity index (χ1) is 6.83. The minimum Gasteiger partial charge on any atom is -0.313 e. The van der Waals surface area contributed by atoms with Gasteiger partial charge in [0.15, 0.2) is 0 Å². The zero-order chi connectivity index (χ0) is 9.54. The molecule has 3 rings (SSSR count). The summed E-state index contributed by atoms with van der Waals surface area (Å²) in [6.07, 6.45) is 7.14. The molecule has 14 heavy (non-hydrogen) atoms. The molecule has 0 radical (unpaired) electrons. The molecule has 5 unspecified atom stereocenters. The van der Waals surface area contributed by atoms with E-state index < -0.39 is 0 Å². The number of fused-ring (bicyclic) bond motifs is 2. The summed E-state index contributed by atoms with van der Waals surface area (Å²) in [5.41, 5.74) is 0. The maximum Gasteiger partial charge on any atom is 0.0111 e. The monoisotopic (exact) mass is 194 g/mol. The molecule has 0 spiro atoms. The Morgan fingerprint density at radius 3 is 2.64 bits per heavy atom. The predicted molar refractivity (Wildman–Crippen MR) is 58.2 cm³/mol. The quantitative estimate of drug-likeness (QED) is 0.712. The van der Waals surface area contributed by atoms with Gasteiger partial charge >= 0.3 is 0 Å². The molecule has 2 N–H and O–H groups in total. The minimum atomic E-state index is 0.842. The number of nitrogens with one attached hydrogen (secondary N) is 2. The van der Waals surface area contributed by atoms with Gasteiger partial charge in [0.05, 0.1) is 0 Å². The summed E-state index contributed by atoms with van der Waals surface area (Å²) in [5.74, 6) is 1.86. The second-order valence-electron chi connectivity index (χ2n) is 5.61. The highest BCUT2D eigenvalue weighted by Crippen LogP contribution is 2.33. The van der Waals surface area contributed by atoms with Gasteiger partial charge < -0.3 is 10.6 Å². The number of rotatable bonds is 3. The van der Waals surface area contributed by atoms with Crippen molar-refractivity contribution in [3.63, 3.8) is 0 Å². The maximum atomic E-state index is 3.76. The van der Waals surface area contributed by atoms with Crippen LogP contribution < -0.4 is 10.6 Å². The molecule has 0 aromatic rings. The Labute approximate surface area is 86.8 Å². The van der Waals surface area contributed by atoms with Gasteiger partial charge in [0, 0.05) is 18.1 Å². The average molecular weight is 194 g/mol. The van der Waals surface area contributed by atoms with Crippen LogP contribution in [0, 0.1) is 11.8 Å². The van der Waals surface area contributed by atoms with Gasteiger partial charge in [0.1, 0.15) is 0 Å². The molecule has 2 aliphatic heterocycles. The minimum absolute atomic E-state index is 0.842. The molecule has 1 aliphatic carbocycles. The van der Waals surface area contributed by atoms with E-state index in [4.69, 9.17) is 0 Å². The highest BCUT2D eigenvalue weighted by molar-refractivity contribution is 4.98. The summed E-state index contributed by atoms with van der Waals surface area (Å²) < 4.78 is 0. The molecule has 2 heterocycles. The van der Waals surface area contributed by atoms with E-state index in [1.165, 1.54) is 38.6 Å². The average Bonchev–Trinajstić information content (AvgIpc) is 2.77. The Morgan fingerprint density at radius 2 is 2.14 bits per heavy atom. The van der Waals surface area contributed by atoms with Gasteiger partial charge in [0.2, 0.25) is 0 Å². The number of hydrogen-bond donors (Lipinski definition) is 2. The van der Waals surface area contributed by atoms with Crippen LogP contribution >= 0.6 is 0 Å². The van der Waals surface area contributed by atoms with Crippen molar-refractivity contribution in [1.82, 2.24) is 10.6 Å². The van der Waals surface area contributed by atoms with Crippen molar-refractivity contribution in [2.24, 2.45) is 11.8 Å². The number of hydrogen-bond acceptors (Lipinski definition) is 2. The molecular formula is C12H22N2. The lowest BCUT2D eigenvalue weighted by atomic mass is 9.80. The van der Waals surface area contributed by atoms with Gasteiger partial charge in [-0.1, -0.05) is 6.92 Å². The van der Waals surface area contributed by atoms with E-state index in [1.807, 2.05) is 0 Å². The van der Waals surface area contributed by atoms with Gasteiger partial charge in [-0.3, -0.25) is 0 Å². The van der Waals surface area contributed by atoms with Crippen LogP contribution in [0.4, 0.5) is 0 Å². The molecule has 1 saturated carbocycles. The molecule has 3 fully saturated rings. The van der Waals surface area contributed by atoms with Crippen LogP contribution in [0.5, 0.6) is 0 Å². The van der Waals surface area contributed by atoms with Crippen LogP contribution in [-0.2, 0) is 0 Å². The van der Waals surface area contributed by atoms with E-state index in [2.05, 4.69) is 17.6 Å². The van der Waals surface area contributed by atoms with Crippen LogP contribution in [0.2, 0.25) is 0 Å². The Kier molecular flexibility index (Phi) is 2.29. The molecule has 0 aromatic carbocycles. The normalized spacial score (nSPS) is 50.8. The third-order valence-corrected chi connectivity index (χ3v) is 4.69. The first-order valence-electron chi connectivity index (χ1n) is 6.32. The van der Waals surface area contributed by atoms with E-state index in [1.54, 1.807) is 0 Å². The highest BCUT2D eigenvalue weighted by atomic mass is 15.1. The molecule has 0 amide bonds. The predicted octanol–water partition coefficient (Wildman–Crippen LogP) is 1.51. The van der Waals surface area contributed by atoms with E-state index in [0.717, 1.165) is 30.0 Å². The Hall–Kier alpha value is -0.0800. The Bertz CT molecular complexity index is 216. The molecule has 2 heteroatoms. The molecule has 2 bridgehead atoms. The molecule has 5 atom stereocenters. The topological polar surface area (TPSA) is 24.1 Å². The van der Waals surface area contributed by atoms with Crippen LogP contribution in [0.15, 0.2) is 0 Å². The highest BCUT2D eigenvalue weighted by Gasteiger charge is 2.39. The molecular weight excluding hydrogens is 172 g/mol. The third-order valence-electron chi connectivity index (χ3n) is 4.69. The standard InChI is InChI=1S/C12H22N2/c1-8-2-4-11(8)13-7-9-6-10-3-5-12(9)14-10/h8-14H,2-7H2,1H3. The lowest BCUT2D eigenvalue weighted by Crippen LogP contribution is -2.45. The van der Waals surface area contributed by atoms with Crippen LogP contribution in [0.25, 0.3) is 0 Å². The van der Waals surface area contributed by atoms with E-state index >= 15 is 0 Å². The molecule has 2 saturated heterocycles. The first-order valence-corrected chi connectivity index (χ1v) is 6.32. The summed E-state index contributed by atoms with van der Waals surface area (Å²) >= 11 is 0. The van der Waals surface area contributed by atoms with E-state index in [9.17, 15) is 0 Å². The summed E-state index contributed by atoms with van der Waals surface area (Å²) in [5, 5.41) is 7.46. The summed E-state index contributed by atoms with van der Waals surface area (Å²) in [6, 6.07) is 2.56. The fraction of sp³-hybridized carbons (Fsp3) is 1.00. The zero-order valence-electron chi connectivity index (χ0n) is 9.13. The van der Waals surface area contributed by atoms with Crippen molar-refractivity contribution in [3.05, 3.63) is 0 Å². The van der Waals surface area contributed by atoms with Gasteiger partial charge in [-0.05, 0) is 50.5 Å². The third kappa shape index (κ3) is 1.49. The molecule has 2 nitrogen and oxygen atoms in total. The van der Waals surface area contributed by atoms with Crippen LogP contribution in [0.3, 0.4) is 0 Å². The Balaban J connectivity index is 1.45. The second kappa shape index (κ2) is 3.49. The molecule has 3 aliphatic rings. The first kappa shape index (κ1) is 9.17. The van der Waals surface area contributed by atoms with Crippen molar-refractivity contribution in [2.45, 2.75) is 57.2 Å². The van der Waals surface area contributed by atoms with Crippen molar-refractivity contribution in [1.29, 1.82) is 0 Å². The lowest BCUT2D eigenvalue weighted by molar-refractivity contribution is 0.214. The fourth-order valence-corrected chi connectivity index (χ4v) is 3.44. The SMILES string of the molecule is CC1CCC1NCC1CC2CCC1N2. The van der Waals surface area contributed by atoms with Gasteiger partial charge in [0.25, 0.3) is 0 Å². The summed E-state index contributed by atoms with van der Waals surface area (Å²) in [4.78, 5) is 0. The van der Waals surface area contributed by atoms with Crippen molar-refractivity contribution in [2.75, 3.05) is 6.54 Å². The lowest BCUT2D eigenvalue weighted by Gasteiger charge is -2.36. The Morgan fingerprint density at radius 1 is 1.21 bits per heavy atom. The van der Waals surface area contributed by atoms with Crippen LogP contribution in [0.1, 0.15) is 39.0 Å². The van der Waals surface area contributed by atoms with Crippen LogP contribution in [-0.4, -0.2) is 24.7 Å². The van der Waals surface area contributed by atoms with Gasteiger partial charge in [-0.2, -0.15) is 0 Å². The maximum absolute atomic E-state index is 3.76. The fourth-order valence-electron chi connectivity index (χ4n) is 3.44. The molecule has 0 aromatic heterocycles. The largest absolute Gasteiger partial charge is 0.313 e. The molecule has 80 valence electrons. The van der Waals surface area contributed by atoms with Gasteiger partial charge in [-0.25, -0.2) is 0 Å². The summed E-state index contributed by atoms with van der Waals surface area (Å²) in [7, 11) is 0. The van der Waals surface area contributed by atoms with E-state index in [0.29, 0.717) is 0 Å². The van der Waals surface area contributed by atoms with E-state index in [-0.39, 0.29) is 0 Å². The smallest absolute Gasteiger partial charge is 0.0111 e. The summed E-state index contributed by atoms with van der Waals surface area (Å²) in [6.45, 7) is 3.64. The zero-order valence-corrected chi connectivity index (χ0v) is 9.13. The van der Waals surface area contributed by atoms with Crippen molar-refractivity contribution < 1.29 is 0 Å². The van der Waals surface area contributed by atoms with Gasteiger partial charge in [-0.15, -0.1) is 0 Å².